The third-order valence-corrected chi connectivity index (χ3v) is 4.82. The Balaban J connectivity index is 2.09. The standard InChI is InChI=1S/C14H19ClN2O/c1-18-11-3-2-10-12(13(11)15)9(4-7-16)14(5-6-14)8-17-10/h2-3,9,17H,4-8,16H2,1H3. The van der Waals surface area contributed by atoms with E-state index >= 15 is 0 Å². The predicted molar refractivity (Wildman–Crippen MR) is 74.6 cm³/mol. The highest BCUT2D eigenvalue weighted by atomic mass is 35.5. The first kappa shape index (κ1) is 12.1. The van der Waals surface area contributed by atoms with Crippen LogP contribution in [0.5, 0.6) is 5.75 Å². The van der Waals surface area contributed by atoms with E-state index in [1.165, 1.54) is 18.4 Å². The van der Waals surface area contributed by atoms with Crippen molar-refractivity contribution >= 4 is 17.3 Å². The minimum absolute atomic E-state index is 0.391. The lowest BCUT2D eigenvalue weighted by Gasteiger charge is -2.36. The van der Waals surface area contributed by atoms with Crippen LogP contribution in [-0.4, -0.2) is 20.2 Å². The molecule has 1 aliphatic heterocycles. The van der Waals surface area contributed by atoms with Gasteiger partial charge >= 0.3 is 0 Å². The second-order valence-corrected chi connectivity index (χ2v) is 5.77. The lowest BCUT2D eigenvalue weighted by Crippen LogP contribution is -2.31. The Morgan fingerprint density at radius 1 is 1.50 bits per heavy atom. The second kappa shape index (κ2) is 4.32. The van der Waals surface area contributed by atoms with Crippen molar-refractivity contribution in [3.05, 3.63) is 22.7 Å². The van der Waals surface area contributed by atoms with Crippen molar-refractivity contribution in [3.8, 4) is 5.75 Å². The van der Waals surface area contributed by atoms with E-state index in [2.05, 4.69) is 11.4 Å². The maximum atomic E-state index is 6.51. The van der Waals surface area contributed by atoms with Gasteiger partial charge in [-0.15, -0.1) is 0 Å². The smallest absolute Gasteiger partial charge is 0.137 e. The van der Waals surface area contributed by atoms with E-state index in [4.69, 9.17) is 22.1 Å². The summed E-state index contributed by atoms with van der Waals surface area (Å²) in [5.41, 5.74) is 8.55. The van der Waals surface area contributed by atoms with E-state index in [0.29, 0.717) is 17.9 Å². The third kappa shape index (κ3) is 1.69. The Morgan fingerprint density at radius 3 is 2.89 bits per heavy atom. The van der Waals surface area contributed by atoms with Crippen molar-refractivity contribution in [2.75, 3.05) is 25.5 Å². The number of rotatable bonds is 3. The van der Waals surface area contributed by atoms with Gasteiger partial charge in [0.15, 0.2) is 0 Å². The fourth-order valence-corrected chi connectivity index (χ4v) is 3.60. The molecule has 3 N–H and O–H groups in total. The topological polar surface area (TPSA) is 47.3 Å². The number of hydrogen-bond donors (Lipinski definition) is 2. The Morgan fingerprint density at radius 2 is 2.28 bits per heavy atom. The zero-order valence-electron chi connectivity index (χ0n) is 10.6. The maximum absolute atomic E-state index is 6.51. The summed E-state index contributed by atoms with van der Waals surface area (Å²) < 4.78 is 5.34. The third-order valence-electron chi connectivity index (χ3n) is 4.43. The molecule has 98 valence electrons. The second-order valence-electron chi connectivity index (χ2n) is 5.39. The molecule has 0 bridgehead atoms. The number of halogens is 1. The molecular weight excluding hydrogens is 248 g/mol. The molecule has 0 radical (unpaired) electrons. The molecule has 2 aliphatic rings. The number of fused-ring (bicyclic) bond motifs is 1. The molecule has 0 amide bonds. The maximum Gasteiger partial charge on any atom is 0.137 e. The van der Waals surface area contributed by atoms with E-state index in [1.54, 1.807) is 7.11 Å². The largest absolute Gasteiger partial charge is 0.495 e. The van der Waals surface area contributed by atoms with E-state index in [0.717, 1.165) is 29.4 Å². The highest BCUT2D eigenvalue weighted by Crippen LogP contribution is 2.62. The zero-order valence-corrected chi connectivity index (χ0v) is 11.4. The minimum atomic E-state index is 0.391. The van der Waals surface area contributed by atoms with Gasteiger partial charge in [-0.3, -0.25) is 0 Å². The highest BCUT2D eigenvalue weighted by Gasteiger charge is 2.52. The van der Waals surface area contributed by atoms with Gasteiger partial charge in [0.25, 0.3) is 0 Å². The molecule has 1 fully saturated rings. The van der Waals surface area contributed by atoms with E-state index in [1.807, 2.05) is 6.07 Å². The number of nitrogens with two attached hydrogens (primary N) is 1. The van der Waals surface area contributed by atoms with Crippen molar-refractivity contribution in [2.45, 2.75) is 25.2 Å². The first-order valence-electron chi connectivity index (χ1n) is 6.52. The molecule has 1 atom stereocenters. The molecule has 0 aromatic heterocycles. The normalized spacial score (nSPS) is 23.4. The Labute approximate surface area is 113 Å². The molecule has 1 saturated carbocycles. The number of methoxy groups -OCH3 is 1. The lowest BCUT2D eigenvalue weighted by atomic mass is 9.77. The van der Waals surface area contributed by atoms with Crippen LogP contribution < -0.4 is 15.8 Å². The van der Waals surface area contributed by atoms with Crippen LogP contribution >= 0.6 is 11.6 Å². The summed E-state index contributed by atoms with van der Waals surface area (Å²) in [6.07, 6.45) is 3.55. The van der Waals surface area contributed by atoms with Crippen LogP contribution in [0.3, 0.4) is 0 Å². The molecule has 0 saturated heterocycles. The molecule has 4 heteroatoms. The highest BCUT2D eigenvalue weighted by molar-refractivity contribution is 6.33. The summed E-state index contributed by atoms with van der Waals surface area (Å²) in [6.45, 7) is 1.76. The number of nitrogens with one attached hydrogen (secondary N) is 1. The first-order valence-corrected chi connectivity index (χ1v) is 6.90. The average Bonchev–Trinajstić information content (AvgIpc) is 3.14. The van der Waals surface area contributed by atoms with Crippen LogP contribution in [-0.2, 0) is 0 Å². The SMILES string of the molecule is COc1ccc2c(c1Cl)C(CCN)C1(CC1)CN2. The molecule has 1 aromatic carbocycles. The summed E-state index contributed by atoms with van der Waals surface area (Å²) in [6, 6.07) is 4.00. The molecule has 3 nitrogen and oxygen atoms in total. The monoisotopic (exact) mass is 266 g/mol. The van der Waals surface area contributed by atoms with Gasteiger partial charge in [0.2, 0.25) is 0 Å². The van der Waals surface area contributed by atoms with Crippen LogP contribution in [0, 0.1) is 5.41 Å². The van der Waals surface area contributed by atoms with Crippen LogP contribution in [0.15, 0.2) is 12.1 Å². The number of anilines is 1. The fourth-order valence-electron chi connectivity index (χ4n) is 3.23. The minimum Gasteiger partial charge on any atom is -0.495 e. The van der Waals surface area contributed by atoms with Gasteiger partial charge in [0.05, 0.1) is 12.1 Å². The van der Waals surface area contributed by atoms with Gasteiger partial charge in [-0.2, -0.15) is 0 Å². The lowest BCUT2D eigenvalue weighted by molar-refractivity contribution is 0.383. The van der Waals surface area contributed by atoms with Crippen LogP contribution in [0.4, 0.5) is 5.69 Å². The summed E-state index contributed by atoms with van der Waals surface area (Å²) in [5, 5.41) is 4.27. The van der Waals surface area contributed by atoms with E-state index < -0.39 is 0 Å². The van der Waals surface area contributed by atoms with Gasteiger partial charge in [-0.25, -0.2) is 0 Å². The van der Waals surface area contributed by atoms with Gasteiger partial charge in [-0.1, -0.05) is 11.6 Å². The Bertz CT molecular complexity index is 471. The molecule has 1 aliphatic carbocycles. The molecule has 18 heavy (non-hydrogen) atoms. The van der Waals surface area contributed by atoms with E-state index in [9.17, 15) is 0 Å². The summed E-state index contributed by atoms with van der Waals surface area (Å²) in [4.78, 5) is 0. The van der Waals surface area contributed by atoms with Crippen LogP contribution in [0.25, 0.3) is 0 Å². The van der Waals surface area contributed by atoms with Gasteiger partial charge < -0.3 is 15.8 Å². The average molecular weight is 267 g/mol. The van der Waals surface area contributed by atoms with Gasteiger partial charge in [0.1, 0.15) is 5.75 Å². The van der Waals surface area contributed by atoms with Gasteiger partial charge in [-0.05, 0) is 49.3 Å². The molecule has 1 unspecified atom stereocenters. The Hall–Kier alpha value is -0.930. The number of ether oxygens (including phenoxy) is 1. The van der Waals surface area contributed by atoms with Crippen molar-refractivity contribution in [1.82, 2.24) is 0 Å². The number of benzene rings is 1. The molecular formula is C14H19ClN2O. The predicted octanol–water partition coefficient (Wildman–Crippen LogP) is 2.99. The van der Waals surface area contributed by atoms with Crippen molar-refractivity contribution in [2.24, 2.45) is 11.1 Å². The first-order chi connectivity index (χ1) is 8.72. The number of hydrogen-bond acceptors (Lipinski definition) is 3. The molecule has 1 spiro atoms. The van der Waals surface area contributed by atoms with Crippen molar-refractivity contribution in [1.29, 1.82) is 0 Å². The molecule has 1 aromatic rings. The summed E-state index contributed by atoms with van der Waals surface area (Å²) >= 11 is 6.51. The summed E-state index contributed by atoms with van der Waals surface area (Å²) in [7, 11) is 1.66. The van der Waals surface area contributed by atoms with Crippen molar-refractivity contribution < 1.29 is 4.74 Å². The fraction of sp³-hybridized carbons (Fsp3) is 0.571. The summed E-state index contributed by atoms with van der Waals surface area (Å²) in [5.74, 6) is 1.23. The molecule has 3 rings (SSSR count). The quantitative estimate of drug-likeness (QED) is 0.884. The Kier molecular flexibility index (Phi) is 2.91. The zero-order chi connectivity index (χ0) is 12.8. The van der Waals surface area contributed by atoms with Crippen LogP contribution in [0.1, 0.15) is 30.7 Å². The van der Waals surface area contributed by atoms with Crippen molar-refractivity contribution in [3.63, 3.8) is 0 Å². The van der Waals surface area contributed by atoms with Gasteiger partial charge in [0, 0.05) is 17.8 Å². The van der Waals surface area contributed by atoms with E-state index in [-0.39, 0.29) is 0 Å². The van der Waals surface area contributed by atoms with Crippen LogP contribution in [0.2, 0.25) is 5.02 Å². The molecule has 1 heterocycles.